The molecular formula is C37H32O10. The van der Waals surface area contributed by atoms with Gasteiger partial charge in [-0.25, -0.2) is 0 Å². The number of esters is 4. The van der Waals surface area contributed by atoms with Gasteiger partial charge in [0.2, 0.25) is 0 Å². The zero-order valence-corrected chi connectivity index (χ0v) is 25.4. The fourth-order valence-corrected chi connectivity index (χ4v) is 6.43. The molecule has 6 rings (SSSR count). The van der Waals surface area contributed by atoms with Crippen molar-refractivity contribution in [3.63, 3.8) is 0 Å². The summed E-state index contributed by atoms with van der Waals surface area (Å²) in [5.41, 5.74) is 3.03. The Morgan fingerprint density at radius 3 is 2.26 bits per heavy atom. The third-order valence-electron chi connectivity index (χ3n) is 8.85. The van der Waals surface area contributed by atoms with E-state index in [9.17, 15) is 28.8 Å². The lowest BCUT2D eigenvalue weighted by atomic mass is 9.66. The summed E-state index contributed by atoms with van der Waals surface area (Å²) in [5, 5.41) is 0. The average molecular weight is 637 g/mol. The summed E-state index contributed by atoms with van der Waals surface area (Å²) in [6.07, 6.45) is 5.60. The van der Waals surface area contributed by atoms with Crippen molar-refractivity contribution >= 4 is 41.5 Å². The quantitative estimate of drug-likeness (QED) is 0.0437. The van der Waals surface area contributed by atoms with Crippen LogP contribution in [0.4, 0.5) is 0 Å². The van der Waals surface area contributed by atoms with Crippen molar-refractivity contribution in [2.24, 2.45) is 11.8 Å². The standard InChI is InChI=1S/C37H32O10/c38-31(9-5-2-6-18-44-47-25-14-10-22(11-15-25)12-17-32(39)23-7-3-1-4-8-23)24-13-16-26-27(29-21-33(40)45-35(29)41)20-30-34(28(26)19-24)37(43)46-36(30)42/h1,3-4,7-8,10-17,19,27,29-30,34H,2,5-6,9,18,20-21H2/b17-12+. The summed E-state index contributed by atoms with van der Waals surface area (Å²) in [4.78, 5) is 85.2. The van der Waals surface area contributed by atoms with E-state index in [1.54, 1.807) is 48.5 Å². The molecule has 10 nitrogen and oxygen atoms in total. The molecule has 240 valence electrons. The highest BCUT2D eigenvalue weighted by Gasteiger charge is 2.53. The molecule has 2 fully saturated rings. The Bertz CT molecular complexity index is 1740. The molecule has 0 saturated carbocycles. The van der Waals surface area contributed by atoms with Gasteiger partial charge in [-0.1, -0.05) is 67.1 Å². The summed E-state index contributed by atoms with van der Waals surface area (Å²) >= 11 is 0. The van der Waals surface area contributed by atoms with Crippen molar-refractivity contribution in [1.29, 1.82) is 0 Å². The van der Waals surface area contributed by atoms with Crippen LogP contribution in [-0.4, -0.2) is 42.1 Å². The molecule has 3 aromatic rings. The summed E-state index contributed by atoms with van der Waals surface area (Å²) in [7, 11) is 0. The van der Waals surface area contributed by atoms with Crippen LogP contribution in [0.25, 0.3) is 6.08 Å². The molecule has 0 radical (unpaired) electrons. The predicted molar refractivity (Wildman–Crippen MR) is 166 cm³/mol. The Labute approximate surface area is 270 Å². The number of benzene rings is 3. The van der Waals surface area contributed by atoms with E-state index in [2.05, 4.69) is 0 Å². The second-order valence-electron chi connectivity index (χ2n) is 11.9. The number of cyclic esters (lactones) is 4. The van der Waals surface area contributed by atoms with Crippen LogP contribution in [0.5, 0.6) is 5.75 Å². The van der Waals surface area contributed by atoms with E-state index in [4.69, 9.17) is 19.2 Å². The van der Waals surface area contributed by atoms with Gasteiger partial charge in [-0.3, -0.25) is 28.8 Å². The van der Waals surface area contributed by atoms with Crippen LogP contribution in [0.2, 0.25) is 0 Å². The smallest absolute Gasteiger partial charge is 0.321 e. The fraction of sp³-hybridized carbons (Fsp3) is 0.297. The SMILES string of the molecule is O=C1CC(C2CC3C(=O)OC(=O)C3c3cc(C(=O)CCCCCOOc4ccc(/C=C/C(=O)c5ccccc5)cc4)ccc32)C(=O)O1. The van der Waals surface area contributed by atoms with Crippen molar-refractivity contribution in [3.8, 4) is 5.75 Å². The monoisotopic (exact) mass is 636 g/mol. The normalized spacial score (nSPS) is 21.7. The highest BCUT2D eigenvalue weighted by atomic mass is 17.2. The van der Waals surface area contributed by atoms with Gasteiger partial charge in [0, 0.05) is 17.5 Å². The third-order valence-corrected chi connectivity index (χ3v) is 8.85. The minimum absolute atomic E-state index is 0.0767. The highest BCUT2D eigenvalue weighted by molar-refractivity contribution is 6.06. The predicted octanol–water partition coefficient (Wildman–Crippen LogP) is 5.70. The zero-order chi connectivity index (χ0) is 32.9. The Hall–Kier alpha value is -5.22. The van der Waals surface area contributed by atoms with Crippen LogP contribution >= 0.6 is 0 Å². The lowest BCUT2D eigenvalue weighted by Gasteiger charge is -2.33. The van der Waals surface area contributed by atoms with E-state index < -0.39 is 47.5 Å². The third kappa shape index (κ3) is 7.12. The lowest BCUT2D eigenvalue weighted by molar-refractivity contribution is -0.207. The summed E-state index contributed by atoms with van der Waals surface area (Å²) in [5.74, 6) is -5.12. The van der Waals surface area contributed by atoms with Gasteiger partial charge in [0.1, 0.15) is 0 Å². The number of rotatable bonds is 13. The van der Waals surface area contributed by atoms with Gasteiger partial charge in [-0.15, -0.1) is 0 Å². The van der Waals surface area contributed by atoms with Gasteiger partial charge < -0.3 is 14.4 Å². The van der Waals surface area contributed by atoms with Crippen molar-refractivity contribution < 1.29 is 48.0 Å². The van der Waals surface area contributed by atoms with E-state index in [1.807, 2.05) is 30.3 Å². The Kier molecular flexibility index (Phi) is 9.49. The molecule has 4 atom stereocenters. The van der Waals surface area contributed by atoms with Gasteiger partial charge in [-0.05, 0) is 66.1 Å². The van der Waals surface area contributed by atoms with Crippen LogP contribution in [0.1, 0.15) is 87.8 Å². The zero-order valence-electron chi connectivity index (χ0n) is 25.4. The molecule has 47 heavy (non-hydrogen) atoms. The second kappa shape index (κ2) is 14.0. The maximum atomic E-state index is 13.1. The first-order chi connectivity index (χ1) is 22.8. The molecule has 3 aliphatic rings. The van der Waals surface area contributed by atoms with E-state index in [0.717, 1.165) is 5.56 Å². The fourth-order valence-electron chi connectivity index (χ4n) is 6.43. The molecule has 0 amide bonds. The van der Waals surface area contributed by atoms with Gasteiger partial charge in [-0.2, -0.15) is 4.89 Å². The van der Waals surface area contributed by atoms with E-state index >= 15 is 0 Å². The first kappa shape index (κ1) is 31.7. The number of ether oxygens (including phenoxy) is 2. The molecule has 0 N–H and O–H groups in total. The molecule has 1 aliphatic carbocycles. The maximum absolute atomic E-state index is 13.1. The molecule has 0 aromatic heterocycles. The van der Waals surface area contributed by atoms with E-state index in [-0.39, 0.29) is 30.8 Å². The molecule has 4 unspecified atom stereocenters. The molecule has 2 saturated heterocycles. The van der Waals surface area contributed by atoms with Gasteiger partial charge in [0.05, 0.1) is 30.8 Å². The van der Waals surface area contributed by atoms with E-state index in [1.165, 1.54) is 6.08 Å². The van der Waals surface area contributed by atoms with Crippen LogP contribution < -0.4 is 4.89 Å². The Morgan fingerprint density at radius 1 is 0.745 bits per heavy atom. The number of hydrogen-bond acceptors (Lipinski definition) is 10. The van der Waals surface area contributed by atoms with Gasteiger partial charge >= 0.3 is 23.9 Å². The van der Waals surface area contributed by atoms with Crippen molar-refractivity contribution in [2.75, 3.05) is 6.61 Å². The number of carbonyl (C=O) groups is 6. The number of carbonyl (C=O) groups excluding carboxylic acids is 6. The molecule has 2 heterocycles. The number of Topliss-reactive ketones (excluding diaryl/α,β-unsaturated/α-hetero) is 1. The van der Waals surface area contributed by atoms with Crippen LogP contribution in [0, 0.1) is 11.8 Å². The summed E-state index contributed by atoms with van der Waals surface area (Å²) in [6, 6.07) is 21.2. The van der Waals surface area contributed by atoms with Gasteiger partial charge in [0.15, 0.2) is 17.3 Å². The first-order valence-corrected chi connectivity index (χ1v) is 15.6. The molecule has 0 bridgehead atoms. The summed E-state index contributed by atoms with van der Waals surface area (Å²) < 4.78 is 9.67. The molecule has 2 aliphatic heterocycles. The van der Waals surface area contributed by atoms with Crippen LogP contribution in [0.15, 0.2) is 78.9 Å². The van der Waals surface area contributed by atoms with Crippen molar-refractivity contribution in [1.82, 2.24) is 0 Å². The molecule has 0 spiro atoms. The molecule has 3 aromatic carbocycles. The maximum Gasteiger partial charge on any atom is 0.321 e. The van der Waals surface area contributed by atoms with Crippen LogP contribution in [-0.2, 0) is 33.5 Å². The van der Waals surface area contributed by atoms with Crippen LogP contribution in [0.3, 0.4) is 0 Å². The molecular weight excluding hydrogens is 604 g/mol. The molecule has 10 heteroatoms. The number of ketones is 2. The minimum Gasteiger partial charge on any atom is -0.393 e. The number of allylic oxidation sites excluding steroid dienone is 1. The highest BCUT2D eigenvalue weighted by Crippen LogP contribution is 2.51. The second-order valence-corrected chi connectivity index (χ2v) is 11.9. The largest absolute Gasteiger partial charge is 0.393 e. The van der Waals surface area contributed by atoms with Gasteiger partial charge in [0.25, 0.3) is 0 Å². The first-order valence-electron chi connectivity index (χ1n) is 15.6. The Balaban J connectivity index is 0.964. The topological polar surface area (TPSA) is 139 Å². The minimum atomic E-state index is -0.844. The van der Waals surface area contributed by atoms with Crippen molar-refractivity contribution in [2.45, 2.75) is 50.4 Å². The average Bonchev–Trinajstić information content (AvgIpc) is 3.58. The number of fused-ring (bicyclic) bond motifs is 3. The number of unbranched alkanes of at least 4 members (excludes halogenated alkanes) is 2. The lowest BCUT2D eigenvalue weighted by Crippen LogP contribution is -2.31. The summed E-state index contributed by atoms with van der Waals surface area (Å²) in [6.45, 7) is 0.326. The Morgan fingerprint density at radius 2 is 1.51 bits per heavy atom. The number of hydrogen-bond donors (Lipinski definition) is 0. The van der Waals surface area contributed by atoms with Crippen molar-refractivity contribution in [3.05, 3.63) is 107 Å². The van der Waals surface area contributed by atoms with E-state index in [0.29, 0.717) is 53.9 Å².